The Labute approximate surface area is 137 Å². The molecular formula is C17H25N3O3. The van der Waals surface area contributed by atoms with Crippen molar-refractivity contribution in [1.29, 1.82) is 0 Å². The number of benzene rings is 1. The number of guanidine groups is 1. The summed E-state index contributed by atoms with van der Waals surface area (Å²) in [7, 11) is 1.64. The lowest BCUT2D eigenvalue weighted by molar-refractivity contribution is -0.188. The Morgan fingerprint density at radius 2 is 2.22 bits per heavy atom. The van der Waals surface area contributed by atoms with Gasteiger partial charge >= 0.3 is 0 Å². The SMILES string of the molecule is CCOC1CC(N=C(N)Nc2ccc(OC)cc2)C12CCCO2. The maximum Gasteiger partial charge on any atom is 0.193 e. The average molecular weight is 319 g/mol. The van der Waals surface area contributed by atoms with Gasteiger partial charge in [0.15, 0.2) is 5.96 Å². The van der Waals surface area contributed by atoms with Gasteiger partial charge in [-0.05, 0) is 44.0 Å². The van der Waals surface area contributed by atoms with E-state index >= 15 is 0 Å². The lowest BCUT2D eigenvalue weighted by Crippen LogP contribution is -2.63. The lowest BCUT2D eigenvalue weighted by atomic mass is 9.70. The van der Waals surface area contributed by atoms with Crippen molar-refractivity contribution in [1.82, 2.24) is 0 Å². The molecule has 3 N–H and O–H groups in total. The Morgan fingerprint density at radius 3 is 2.83 bits per heavy atom. The van der Waals surface area contributed by atoms with E-state index in [0.717, 1.165) is 37.3 Å². The Morgan fingerprint density at radius 1 is 1.43 bits per heavy atom. The Kier molecular flexibility index (Phi) is 4.73. The number of nitrogens with one attached hydrogen (secondary N) is 1. The third-order valence-corrected chi connectivity index (χ3v) is 4.65. The van der Waals surface area contributed by atoms with Gasteiger partial charge in [-0.3, -0.25) is 0 Å². The van der Waals surface area contributed by atoms with Crippen LogP contribution in [0.1, 0.15) is 26.2 Å². The van der Waals surface area contributed by atoms with Crippen LogP contribution in [0.5, 0.6) is 5.75 Å². The van der Waals surface area contributed by atoms with E-state index in [2.05, 4.69) is 10.3 Å². The van der Waals surface area contributed by atoms with Crippen LogP contribution in [0.3, 0.4) is 0 Å². The third kappa shape index (κ3) is 3.14. The molecule has 126 valence electrons. The van der Waals surface area contributed by atoms with Crippen LogP contribution in [0, 0.1) is 0 Å². The van der Waals surface area contributed by atoms with Crippen molar-refractivity contribution in [2.75, 3.05) is 25.6 Å². The number of methoxy groups -OCH3 is 1. The lowest BCUT2D eigenvalue weighted by Gasteiger charge is -2.50. The molecule has 3 atom stereocenters. The fourth-order valence-corrected chi connectivity index (χ4v) is 3.45. The number of nitrogens with zero attached hydrogens (tertiary/aromatic N) is 1. The van der Waals surface area contributed by atoms with Crippen LogP contribution in [0.25, 0.3) is 0 Å². The van der Waals surface area contributed by atoms with Gasteiger partial charge in [0.25, 0.3) is 0 Å². The van der Waals surface area contributed by atoms with Gasteiger partial charge in [-0.15, -0.1) is 0 Å². The monoisotopic (exact) mass is 319 g/mol. The fraction of sp³-hybridized carbons (Fsp3) is 0.588. The molecule has 6 nitrogen and oxygen atoms in total. The quantitative estimate of drug-likeness (QED) is 0.642. The van der Waals surface area contributed by atoms with Gasteiger partial charge < -0.3 is 25.3 Å². The normalized spacial score (nSPS) is 30.3. The summed E-state index contributed by atoms with van der Waals surface area (Å²) in [6.07, 6.45) is 3.04. The number of hydrogen-bond donors (Lipinski definition) is 2. The molecule has 1 heterocycles. The van der Waals surface area contributed by atoms with E-state index in [0.29, 0.717) is 12.6 Å². The van der Waals surface area contributed by atoms with E-state index in [1.54, 1.807) is 7.11 Å². The molecule has 0 amide bonds. The Hall–Kier alpha value is -1.79. The number of rotatable bonds is 5. The van der Waals surface area contributed by atoms with Crippen LogP contribution in [0.15, 0.2) is 29.3 Å². The average Bonchev–Trinajstić information content (AvgIpc) is 3.07. The minimum atomic E-state index is -0.276. The zero-order valence-corrected chi connectivity index (χ0v) is 13.7. The first-order chi connectivity index (χ1) is 11.2. The van der Waals surface area contributed by atoms with E-state index in [1.807, 2.05) is 31.2 Å². The summed E-state index contributed by atoms with van der Waals surface area (Å²) in [6.45, 7) is 3.49. The summed E-state index contributed by atoms with van der Waals surface area (Å²) in [5.74, 6) is 1.22. The summed E-state index contributed by atoms with van der Waals surface area (Å²) >= 11 is 0. The van der Waals surface area contributed by atoms with E-state index in [1.165, 1.54) is 0 Å². The molecule has 1 aromatic rings. The van der Waals surface area contributed by atoms with Crippen molar-refractivity contribution in [3.63, 3.8) is 0 Å². The van der Waals surface area contributed by atoms with E-state index in [4.69, 9.17) is 19.9 Å². The molecule has 1 spiro atoms. The smallest absolute Gasteiger partial charge is 0.193 e. The molecule has 1 aliphatic carbocycles. The summed E-state index contributed by atoms with van der Waals surface area (Å²) in [6, 6.07) is 7.64. The summed E-state index contributed by atoms with van der Waals surface area (Å²) in [4.78, 5) is 4.63. The second-order valence-corrected chi connectivity index (χ2v) is 5.97. The number of ether oxygens (including phenoxy) is 3. The molecule has 0 bridgehead atoms. The topological polar surface area (TPSA) is 78.1 Å². The number of anilines is 1. The highest BCUT2D eigenvalue weighted by molar-refractivity contribution is 5.92. The van der Waals surface area contributed by atoms with E-state index < -0.39 is 0 Å². The van der Waals surface area contributed by atoms with Crippen LogP contribution in [0.2, 0.25) is 0 Å². The zero-order valence-electron chi connectivity index (χ0n) is 13.7. The molecule has 1 saturated heterocycles. The minimum Gasteiger partial charge on any atom is -0.497 e. The van der Waals surface area contributed by atoms with Gasteiger partial charge in [-0.25, -0.2) is 4.99 Å². The van der Waals surface area contributed by atoms with Gasteiger partial charge in [-0.2, -0.15) is 0 Å². The first-order valence-corrected chi connectivity index (χ1v) is 8.18. The van der Waals surface area contributed by atoms with Crippen LogP contribution in [0.4, 0.5) is 5.69 Å². The molecule has 2 aliphatic rings. The van der Waals surface area contributed by atoms with E-state index in [-0.39, 0.29) is 17.7 Å². The van der Waals surface area contributed by atoms with Gasteiger partial charge in [0.05, 0.1) is 19.3 Å². The van der Waals surface area contributed by atoms with Crippen molar-refractivity contribution >= 4 is 11.6 Å². The molecule has 2 fully saturated rings. The van der Waals surface area contributed by atoms with Gasteiger partial charge in [-0.1, -0.05) is 0 Å². The number of aliphatic imine (C=N–C) groups is 1. The molecule has 23 heavy (non-hydrogen) atoms. The van der Waals surface area contributed by atoms with Crippen LogP contribution in [-0.2, 0) is 9.47 Å². The first kappa shape index (κ1) is 16.1. The van der Waals surface area contributed by atoms with Crippen LogP contribution in [-0.4, -0.2) is 44.0 Å². The Bertz CT molecular complexity index is 553. The summed E-state index contributed by atoms with van der Waals surface area (Å²) in [5, 5.41) is 3.12. The highest BCUT2D eigenvalue weighted by atomic mass is 16.6. The zero-order chi connectivity index (χ0) is 16.3. The highest BCUT2D eigenvalue weighted by Gasteiger charge is 2.59. The predicted octanol–water partition coefficient (Wildman–Crippen LogP) is 2.15. The third-order valence-electron chi connectivity index (χ3n) is 4.65. The molecule has 0 radical (unpaired) electrons. The first-order valence-electron chi connectivity index (χ1n) is 8.18. The number of hydrogen-bond acceptors (Lipinski definition) is 4. The van der Waals surface area contributed by atoms with Gasteiger partial charge in [0.2, 0.25) is 0 Å². The van der Waals surface area contributed by atoms with E-state index in [9.17, 15) is 0 Å². The molecule has 1 aliphatic heterocycles. The molecule has 6 heteroatoms. The molecular weight excluding hydrogens is 294 g/mol. The maximum absolute atomic E-state index is 6.07. The molecule has 3 rings (SSSR count). The second-order valence-electron chi connectivity index (χ2n) is 5.97. The van der Waals surface area contributed by atoms with Gasteiger partial charge in [0.1, 0.15) is 11.4 Å². The van der Waals surface area contributed by atoms with Crippen molar-refractivity contribution in [3.05, 3.63) is 24.3 Å². The van der Waals surface area contributed by atoms with Crippen molar-refractivity contribution in [2.45, 2.75) is 43.9 Å². The number of nitrogens with two attached hydrogens (primary N) is 1. The second kappa shape index (κ2) is 6.76. The van der Waals surface area contributed by atoms with Gasteiger partial charge in [0, 0.05) is 25.3 Å². The van der Waals surface area contributed by atoms with Crippen molar-refractivity contribution < 1.29 is 14.2 Å². The summed E-state index contributed by atoms with van der Waals surface area (Å²) < 4.78 is 16.9. The minimum absolute atomic E-state index is 0.0623. The summed E-state index contributed by atoms with van der Waals surface area (Å²) in [5.41, 5.74) is 6.68. The van der Waals surface area contributed by atoms with Crippen molar-refractivity contribution in [3.8, 4) is 5.75 Å². The van der Waals surface area contributed by atoms with Crippen molar-refractivity contribution in [2.24, 2.45) is 10.7 Å². The fourth-order valence-electron chi connectivity index (χ4n) is 3.45. The van der Waals surface area contributed by atoms with Crippen LogP contribution >= 0.6 is 0 Å². The largest absolute Gasteiger partial charge is 0.497 e. The highest BCUT2D eigenvalue weighted by Crippen LogP contribution is 2.47. The molecule has 0 aromatic heterocycles. The molecule has 1 saturated carbocycles. The predicted molar refractivity (Wildman–Crippen MR) is 90.0 cm³/mol. The molecule has 3 unspecified atom stereocenters. The molecule has 1 aromatic carbocycles. The standard InChI is InChI=1S/C17H25N3O3/c1-3-22-15-11-14(17(15)9-4-10-23-17)20-16(18)19-12-5-7-13(21-2)8-6-12/h5-8,14-15H,3-4,9-11H2,1-2H3,(H3,18,19,20). The van der Waals surface area contributed by atoms with Crippen LogP contribution < -0.4 is 15.8 Å². The Balaban J connectivity index is 1.65. The maximum atomic E-state index is 6.07.